The Balaban J connectivity index is 2.70. The van der Waals surface area contributed by atoms with E-state index in [1.54, 1.807) is 6.92 Å². The van der Waals surface area contributed by atoms with Crippen LogP contribution in [0, 0.1) is 30.4 Å². The molecule has 2 aromatic carbocycles. The predicted octanol–water partition coefficient (Wildman–Crippen LogP) is 4.90. The second-order valence-corrected chi connectivity index (χ2v) is 4.17. The summed E-state index contributed by atoms with van der Waals surface area (Å²) < 4.78 is 77.9. The van der Waals surface area contributed by atoms with Gasteiger partial charge in [0.25, 0.3) is 0 Å². The number of alkyl halides is 3. The summed E-state index contributed by atoms with van der Waals surface area (Å²) in [5.74, 6) is -5.82. The molecule has 0 aliphatic carbocycles. The Bertz CT molecular complexity index is 657. The molecule has 2 rings (SSSR count). The summed E-state index contributed by atoms with van der Waals surface area (Å²) in [6.07, 6.45) is -5.30. The standard InChI is InChI=1S/C14H7F6/c1-7-3-2-4-8(5-7)9-6-10(15)11(14(18,19)20)13(17)12(9)16/h2,4-6H,1H3. The van der Waals surface area contributed by atoms with Gasteiger partial charge in [0.15, 0.2) is 11.6 Å². The molecule has 0 atom stereocenters. The van der Waals surface area contributed by atoms with Crippen LogP contribution in [0.4, 0.5) is 26.3 Å². The minimum atomic E-state index is -5.30. The van der Waals surface area contributed by atoms with Crippen molar-refractivity contribution in [1.29, 1.82) is 0 Å². The molecule has 2 aromatic rings. The van der Waals surface area contributed by atoms with Crippen molar-refractivity contribution < 1.29 is 26.3 Å². The lowest BCUT2D eigenvalue weighted by Crippen LogP contribution is -2.13. The maximum absolute atomic E-state index is 13.7. The summed E-state index contributed by atoms with van der Waals surface area (Å²) in [5.41, 5.74) is -2.16. The highest BCUT2D eigenvalue weighted by Crippen LogP contribution is 2.37. The van der Waals surface area contributed by atoms with Crippen LogP contribution in [-0.2, 0) is 6.18 Å². The Hall–Kier alpha value is -1.98. The molecule has 1 radical (unpaired) electrons. The van der Waals surface area contributed by atoms with Crippen LogP contribution in [-0.4, -0.2) is 0 Å². The van der Waals surface area contributed by atoms with E-state index in [-0.39, 0.29) is 5.56 Å². The molecule has 0 spiro atoms. The van der Waals surface area contributed by atoms with Crippen LogP contribution in [0.25, 0.3) is 11.1 Å². The van der Waals surface area contributed by atoms with Gasteiger partial charge in [-0.1, -0.05) is 18.2 Å². The fourth-order valence-electron chi connectivity index (χ4n) is 1.82. The van der Waals surface area contributed by atoms with Gasteiger partial charge in [-0.05, 0) is 30.2 Å². The van der Waals surface area contributed by atoms with Gasteiger partial charge in [0.2, 0.25) is 0 Å². The minimum Gasteiger partial charge on any atom is -0.206 e. The van der Waals surface area contributed by atoms with E-state index in [1.807, 2.05) is 0 Å². The summed E-state index contributed by atoms with van der Waals surface area (Å²) in [7, 11) is 0. The largest absolute Gasteiger partial charge is 0.422 e. The third-order valence-corrected chi connectivity index (χ3v) is 2.70. The van der Waals surface area contributed by atoms with Crippen molar-refractivity contribution in [2.75, 3.05) is 0 Å². The van der Waals surface area contributed by atoms with Crippen LogP contribution >= 0.6 is 0 Å². The van der Waals surface area contributed by atoms with E-state index in [0.717, 1.165) is 0 Å². The summed E-state index contributed by atoms with van der Waals surface area (Å²) >= 11 is 0. The number of aryl methyl sites for hydroxylation is 1. The second kappa shape index (κ2) is 4.85. The molecule has 0 N–H and O–H groups in total. The van der Waals surface area contributed by atoms with Crippen LogP contribution in [0.5, 0.6) is 0 Å². The predicted molar refractivity (Wildman–Crippen MR) is 60.3 cm³/mol. The molecular formula is C14H7F6. The third-order valence-electron chi connectivity index (χ3n) is 2.70. The lowest BCUT2D eigenvalue weighted by atomic mass is 10.0. The van der Waals surface area contributed by atoms with E-state index in [9.17, 15) is 26.3 Å². The molecule has 0 saturated carbocycles. The van der Waals surface area contributed by atoms with Crippen LogP contribution in [0.3, 0.4) is 0 Å². The van der Waals surface area contributed by atoms with Gasteiger partial charge in [-0.25, -0.2) is 13.2 Å². The quantitative estimate of drug-likeness (QED) is 0.517. The number of halogens is 6. The average molecular weight is 289 g/mol. The summed E-state index contributed by atoms with van der Waals surface area (Å²) in [6.45, 7) is 1.61. The van der Waals surface area contributed by atoms with Gasteiger partial charge >= 0.3 is 6.18 Å². The molecule has 0 aliphatic heterocycles. The van der Waals surface area contributed by atoms with Crippen molar-refractivity contribution in [3.05, 3.63) is 58.9 Å². The fraction of sp³-hybridized carbons (Fsp3) is 0.143. The van der Waals surface area contributed by atoms with Crippen molar-refractivity contribution >= 4 is 0 Å². The van der Waals surface area contributed by atoms with E-state index < -0.39 is 34.8 Å². The zero-order chi connectivity index (χ0) is 15.1. The Kier molecular flexibility index (Phi) is 3.50. The number of rotatable bonds is 1. The Morgan fingerprint density at radius 2 is 1.65 bits per heavy atom. The molecule has 105 valence electrons. The van der Waals surface area contributed by atoms with Crippen molar-refractivity contribution in [3.63, 3.8) is 0 Å². The maximum atomic E-state index is 13.7. The smallest absolute Gasteiger partial charge is 0.206 e. The summed E-state index contributed by atoms with van der Waals surface area (Å²) in [4.78, 5) is 0. The van der Waals surface area contributed by atoms with Gasteiger partial charge in [-0.2, -0.15) is 13.2 Å². The fourth-order valence-corrected chi connectivity index (χ4v) is 1.82. The molecule has 0 aliphatic rings. The van der Waals surface area contributed by atoms with Crippen LogP contribution < -0.4 is 0 Å². The first-order valence-corrected chi connectivity index (χ1v) is 5.45. The zero-order valence-corrected chi connectivity index (χ0v) is 10.1. The van der Waals surface area contributed by atoms with E-state index in [2.05, 4.69) is 6.07 Å². The first kappa shape index (κ1) is 14.4. The van der Waals surface area contributed by atoms with E-state index in [1.165, 1.54) is 18.2 Å². The lowest BCUT2D eigenvalue weighted by Gasteiger charge is -2.13. The Morgan fingerprint density at radius 1 is 1.00 bits per heavy atom. The summed E-state index contributed by atoms with van der Waals surface area (Å²) in [6, 6.07) is 7.13. The van der Waals surface area contributed by atoms with Crippen LogP contribution in [0.15, 0.2) is 24.3 Å². The SMILES string of the molecule is Cc1[c]ccc(-c2cc(F)c(C(F)(F)F)c(F)c2F)c1. The molecule has 0 aromatic heterocycles. The van der Waals surface area contributed by atoms with Crippen molar-refractivity contribution in [3.8, 4) is 11.1 Å². The molecule has 0 fully saturated rings. The van der Waals surface area contributed by atoms with Crippen molar-refractivity contribution in [2.45, 2.75) is 13.1 Å². The monoisotopic (exact) mass is 289 g/mol. The molecule has 6 heteroatoms. The highest BCUT2D eigenvalue weighted by atomic mass is 19.4. The molecule has 0 bridgehead atoms. The second-order valence-electron chi connectivity index (χ2n) is 4.17. The molecule has 0 saturated heterocycles. The molecular weight excluding hydrogens is 282 g/mol. The zero-order valence-electron chi connectivity index (χ0n) is 10.1. The van der Waals surface area contributed by atoms with Crippen LogP contribution in [0.2, 0.25) is 0 Å². The number of hydrogen-bond donors (Lipinski definition) is 0. The van der Waals surface area contributed by atoms with Crippen molar-refractivity contribution in [1.82, 2.24) is 0 Å². The van der Waals surface area contributed by atoms with Gasteiger partial charge in [0.05, 0.1) is 0 Å². The van der Waals surface area contributed by atoms with Gasteiger partial charge < -0.3 is 0 Å². The van der Waals surface area contributed by atoms with Crippen molar-refractivity contribution in [2.24, 2.45) is 0 Å². The molecule has 0 nitrogen and oxygen atoms in total. The average Bonchev–Trinajstić information content (AvgIpc) is 2.32. The van der Waals surface area contributed by atoms with Gasteiger partial charge in [0, 0.05) is 5.56 Å². The first-order chi connectivity index (χ1) is 9.21. The normalized spacial score (nSPS) is 11.8. The van der Waals surface area contributed by atoms with Gasteiger partial charge in [0.1, 0.15) is 11.4 Å². The number of benzene rings is 2. The molecule has 20 heavy (non-hydrogen) atoms. The van der Waals surface area contributed by atoms with E-state index in [0.29, 0.717) is 11.6 Å². The van der Waals surface area contributed by atoms with Crippen LogP contribution in [0.1, 0.15) is 11.1 Å². The highest BCUT2D eigenvalue weighted by molar-refractivity contribution is 5.65. The number of hydrogen-bond acceptors (Lipinski definition) is 0. The topological polar surface area (TPSA) is 0 Å². The third kappa shape index (κ3) is 2.50. The first-order valence-electron chi connectivity index (χ1n) is 5.45. The Morgan fingerprint density at radius 3 is 2.20 bits per heavy atom. The maximum Gasteiger partial charge on any atom is 0.422 e. The molecule has 0 heterocycles. The Labute approximate surface area is 110 Å². The lowest BCUT2D eigenvalue weighted by molar-refractivity contribution is -0.142. The minimum absolute atomic E-state index is 0.0743. The summed E-state index contributed by atoms with van der Waals surface area (Å²) in [5, 5.41) is 0. The van der Waals surface area contributed by atoms with E-state index >= 15 is 0 Å². The van der Waals surface area contributed by atoms with Gasteiger partial charge in [-0.15, -0.1) is 0 Å². The van der Waals surface area contributed by atoms with Gasteiger partial charge in [-0.3, -0.25) is 0 Å². The molecule has 0 amide bonds. The van der Waals surface area contributed by atoms with E-state index in [4.69, 9.17) is 0 Å². The highest BCUT2D eigenvalue weighted by Gasteiger charge is 2.40. The molecule has 0 unspecified atom stereocenters.